The number of nitrogens with zero attached hydrogens (tertiary/aromatic N) is 8. The minimum absolute atomic E-state index is 0.0465. The van der Waals surface area contributed by atoms with E-state index in [1.54, 1.807) is 0 Å². The number of aromatic nitrogens is 7. The molecule has 0 saturated heterocycles. The van der Waals surface area contributed by atoms with E-state index in [2.05, 4.69) is 30.6 Å². The molecule has 11 nitrogen and oxygen atoms in total. The zero-order valence-electron chi connectivity index (χ0n) is 17.7. The fourth-order valence-electron chi connectivity index (χ4n) is 3.98. The lowest BCUT2D eigenvalue weighted by molar-refractivity contribution is -0.199. The van der Waals surface area contributed by atoms with Crippen LogP contribution in [0, 0.1) is 0 Å². The van der Waals surface area contributed by atoms with Crippen molar-refractivity contribution >= 4 is 46.3 Å². The second kappa shape index (κ2) is 8.32. The number of rotatable bonds is 4. The van der Waals surface area contributed by atoms with Crippen LogP contribution in [-0.2, 0) is 10.2 Å². The topological polar surface area (TPSA) is 115 Å². The molecule has 1 atom stereocenters. The standard InChI is InChI=1S/C19H14Cl2F3N9O2/c1-35-9-18(19(22,23)24)8-31(12-7-25-14-5-13(21)30-32(14)15(12)18)17(34)29-10-4-11(20)16(26-6-10)33-27-2-3-28-33/h2-7H,8-9H2,1H3,(H,29,34). The Hall–Kier alpha value is -3.49. The van der Waals surface area contributed by atoms with Gasteiger partial charge in [-0.2, -0.15) is 28.5 Å². The van der Waals surface area contributed by atoms with Crippen LogP contribution in [0.3, 0.4) is 0 Å². The molecule has 2 amide bonds. The maximum absolute atomic E-state index is 14.5. The molecule has 16 heteroatoms. The number of anilines is 2. The molecule has 35 heavy (non-hydrogen) atoms. The lowest BCUT2D eigenvalue weighted by atomic mass is 9.86. The van der Waals surface area contributed by atoms with Gasteiger partial charge in [-0.05, 0) is 6.07 Å². The average molecular weight is 528 g/mol. The molecule has 5 rings (SSSR count). The third-order valence-corrected chi connectivity index (χ3v) is 5.93. The zero-order chi connectivity index (χ0) is 25.0. The molecule has 0 bridgehead atoms. The van der Waals surface area contributed by atoms with Crippen LogP contribution in [0.2, 0.25) is 10.2 Å². The van der Waals surface area contributed by atoms with Crippen molar-refractivity contribution in [3.05, 3.63) is 52.8 Å². The minimum atomic E-state index is -4.80. The number of carbonyl (C=O) groups excluding carboxylic acids is 1. The van der Waals surface area contributed by atoms with E-state index < -0.39 is 30.8 Å². The molecule has 0 aromatic carbocycles. The van der Waals surface area contributed by atoms with Crippen molar-refractivity contribution in [3.63, 3.8) is 0 Å². The third-order valence-electron chi connectivity index (χ3n) is 5.47. The van der Waals surface area contributed by atoms with Crippen molar-refractivity contribution in [1.29, 1.82) is 0 Å². The molecule has 0 saturated carbocycles. The molecule has 5 heterocycles. The summed E-state index contributed by atoms with van der Waals surface area (Å²) in [6.45, 7) is -1.54. The predicted octanol–water partition coefficient (Wildman–Crippen LogP) is 3.51. The van der Waals surface area contributed by atoms with Crippen molar-refractivity contribution in [2.75, 3.05) is 30.5 Å². The van der Waals surface area contributed by atoms with Crippen molar-refractivity contribution in [2.24, 2.45) is 0 Å². The highest BCUT2D eigenvalue weighted by molar-refractivity contribution is 6.32. The van der Waals surface area contributed by atoms with Gasteiger partial charge in [0.05, 0.1) is 60.0 Å². The maximum Gasteiger partial charge on any atom is 0.404 e. The fraction of sp³-hybridized carbons (Fsp3) is 0.263. The summed E-state index contributed by atoms with van der Waals surface area (Å²) in [7, 11) is 1.15. The SMILES string of the molecule is COCC1(C(F)(F)F)CN(C(=O)Nc2cnc(-n3nccn3)c(Cl)c2)c2cnc3cc(Cl)nn3c21. The van der Waals surface area contributed by atoms with E-state index in [9.17, 15) is 18.0 Å². The molecule has 1 aliphatic heterocycles. The molecule has 182 valence electrons. The Bertz CT molecular complexity index is 1430. The summed E-state index contributed by atoms with van der Waals surface area (Å²) < 4.78 is 49.6. The second-order valence-electron chi connectivity index (χ2n) is 7.61. The van der Waals surface area contributed by atoms with Gasteiger partial charge in [0.1, 0.15) is 0 Å². The van der Waals surface area contributed by atoms with Gasteiger partial charge >= 0.3 is 12.2 Å². The van der Waals surface area contributed by atoms with Crippen LogP contribution in [0.25, 0.3) is 11.5 Å². The number of halogens is 5. The molecular weight excluding hydrogens is 514 g/mol. The Morgan fingerprint density at radius 1 is 1.20 bits per heavy atom. The van der Waals surface area contributed by atoms with Crippen LogP contribution in [0.1, 0.15) is 5.69 Å². The van der Waals surface area contributed by atoms with E-state index >= 15 is 0 Å². The van der Waals surface area contributed by atoms with E-state index in [0.717, 1.165) is 16.5 Å². The van der Waals surface area contributed by atoms with E-state index in [1.807, 2.05) is 0 Å². The van der Waals surface area contributed by atoms with E-state index in [-0.39, 0.29) is 38.7 Å². The second-order valence-corrected chi connectivity index (χ2v) is 8.40. The van der Waals surface area contributed by atoms with E-state index in [0.29, 0.717) is 0 Å². The molecule has 0 aliphatic carbocycles. The number of ether oxygens (including phenoxy) is 1. The Balaban J connectivity index is 1.54. The average Bonchev–Trinajstić information content (AvgIpc) is 3.50. The highest BCUT2D eigenvalue weighted by Crippen LogP contribution is 2.50. The molecule has 1 aliphatic rings. The van der Waals surface area contributed by atoms with Gasteiger partial charge in [0.15, 0.2) is 22.0 Å². The predicted molar refractivity (Wildman–Crippen MR) is 118 cm³/mol. The molecule has 4 aromatic rings. The Kier molecular flexibility index (Phi) is 5.53. The van der Waals surface area contributed by atoms with Gasteiger partial charge in [0.2, 0.25) is 0 Å². The summed E-state index contributed by atoms with van der Waals surface area (Å²) in [4.78, 5) is 23.5. The molecular formula is C19H14Cl2F3N9O2. The normalized spacial score (nSPS) is 17.7. The number of alkyl halides is 3. The number of carbonyl (C=O) groups is 1. The lowest BCUT2D eigenvalue weighted by Crippen LogP contribution is -2.51. The van der Waals surface area contributed by atoms with Crippen molar-refractivity contribution < 1.29 is 22.7 Å². The molecule has 4 aromatic heterocycles. The molecule has 0 radical (unpaired) electrons. The van der Waals surface area contributed by atoms with Crippen LogP contribution >= 0.6 is 23.2 Å². The van der Waals surface area contributed by atoms with Gasteiger partial charge in [-0.25, -0.2) is 19.3 Å². The number of amides is 2. The summed E-state index contributed by atoms with van der Waals surface area (Å²) >= 11 is 12.2. The van der Waals surface area contributed by atoms with Crippen molar-refractivity contribution in [3.8, 4) is 5.82 Å². The third kappa shape index (κ3) is 3.73. The zero-order valence-corrected chi connectivity index (χ0v) is 19.2. The Morgan fingerprint density at radius 3 is 2.60 bits per heavy atom. The van der Waals surface area contributed by atoms with Crippen LogP contribution in [-0.4, -0.2) is 67.0 Å². The quantitative estimate of drug-likeness (QED) is 0.431. The Labute approximate surface area is 204 Å². The van der Waals surface area contributed by atoms with Crippen LogP contribution in [0.4, 0.5) is 29.3 Å². The first kappa shape index (κ1) is 23.3. The number of hydrogen-bond donors (Lipinski definition) is 1. The van der Waals surface area contributed by atoms with Gasteiger partial charge < -0.3 is 10.1 Å². The first-order valence-corrected chi connectivity index (χ1v) is 10.6. The van der Waals surface area contributed by atoms with Gasteiger partial charge in [-0.15, -0.1) is 4.80 Å². The summed E-state index contributed by atoms with van der Waals surface area (Å²) in [5, 5.41) is 14.4. The van der Waals surface area contributed by atoms with Crippen LogP contribution in [0.15, 0.2) is 36.9 Å². The highest BCUT2D eigenvalue weighted by atomic mass is 35.5. The first-order valence-electron chi connectivity index (χ1n) is 9.86. The van der Waals surface area contributed by atoms with Crippen LogP contribution in [0.5, 0.6) is 0 Å². The lowest BCUT2D eigenvalue weighted by Gasteiger charge is -2.31. The van der Waals surface area contributed by atoms with Gasteiger partial charge in [0.25, 0.3) is 0 Å². The summed E-state index contributed by atoms with van der Waals surface area (Å²) in [5.74, 6) is 0.208. The molecule has 0 spiro atoms. The number of hydrogen-bond acceptors (Lipinski definition) is 7. The van der Waals surface area contributed by atoms with Crippen molar-refractivity contribution in [1.82, 2.24) is 34.6 Å². The fourth-order valence-corrected chi connectivity index (χ4v) is 4.40. The largest absolute Gasteiger partial charge is 0.404 e. The molecule has 1 unspecified atom stereocenters. The van der Waals surface area contributed by atoms with Crippen LogP contribution < -0.4 is 10.2 Å². The van der Waals surface area contributed by atoms with Crippen molar-refractivity contribution in [2.45, 2.75) is 11.6 Å². The summed E-state index contributed by atoms with van der Waals surface area (Å²) in [6.07, 6.45) is 0.513. The summed E-state index contributed by atoms with van der Waals surface area (Å²) in [6, 6.07) is 1.83. The number of methoxy groups -OCH3 is 1. The summed E-state index contributed by atoms with van der Waals surface area (Å²) in [5.41, 5.74) is -2.75. The minimum Gasteiger partial charge on any atom is -0.383 e. The number of pyridine rings is 1. The smallest absolute Gasteiger partial charge is 0.383 e. The highest BCUT2D eigenvalue weighted by Gasteiger charge is 2.64. The van der Waals surface area contributed by atoms with E-state index in [4.69, 9.17) is 27.9 Å². The van der Waals surface area contributed by atoms with Gasteiger partial charge in [-0.1, -0.05) is 23.2 Å². The number of nitrogens with one attached hydrogen (secondary N) is 1. The van der Waals surface area contributed by atoms with Gasteiger partial charge in [-0.3, -0.25) is 4.90 Å². The first-order chi connectivity index (χ1) is 16.6. The number of fused-ring (bicyclic) bond motifs is 3. The molecule has 0 fully saturated rings. The maximum atomic E-state index is 14.5. The number of urea groups is 1. The van der Waals surface area contributed by atoms with Gasteiger partial charge in [0, 0.05) is 13.2 Å². The Morgan fingerprint density at radius 2 is 1.94 bits per heavy atom. The molecule has 1 N–H and O–H groups in total. The monoisotopic (exact) mass is 527 g/mol. The van der Waals surface area contributed by atoms with E-state index in [1.165, 1.54) is 41.7 Å².